The summed E-state index contributed by atoms with van der Waals surface area (Å²) in [5.74, 6) is -6.22. The second kappa shape index (κ2) is 7.16. The van der Waals surface area contributed by atoms with E-state index in [1.807, 2.05) is 0 Å². The molecule has 1 aromatic rings. The van der Waals surface area contributed by atoms with E-state index < -0.39 is 58.0 Å². The van der Waals surface area contributed by atoms with E-state index in [4.69, 9.17) is 5.73 Å². The molecule has 0 saturated heterocycles. The van der Waals surface area contributed by atoms with Crippen LogP contribution in [0.3, 0.4) is 0 Å². The van der Waals surface area contributed by atoms with E-state index in [1.54, 1.807) is 24.1 Å². The van der Waals surface area contributed by atoms with Crippen LogP contribution in [0.15, 0.2) is 35.1 Å². The molecule has 0 heterocycles. The molecule has 4 aliphatic carbocycles. The summed E-state index contributed by atoms with van der Waals surface area (Å²) in [6.07, 6.45) is 3.08. The minimum Gasteiger partial charge on any atom is -0.508 e. The third-order valence-corrected chi connectivity index (χ3v) is 7.99. The zero-order chi connectivity index (χ0) is 23.8. The van der Waals surface area contributed by atoms with Crippen LogP contribution in [0.2, 0.25) is 0 Å². The number of carbonyl (C=O) groups is 3. The van der Waals surface area contributed by atoms with Crippen LogP contribution in [-0.4, -0.2) is 67.5 Å². The number of amides is 1. The number of rotatable bonds is 3. The Morgan fingerprint density at radius 2 is 1.88 bits per heavy atom. The van der Waals surface area contributed by atoms with Crippen LogP contribution in [-0.2, 0) is 20.8 Å². The van der Waals surface area contributed by atoms with Crippen LogP contribution in [0.4, 0.5) is 0 Å². The lowest BCUT2D eigenvalue weighted by Crippen LogP contribution is -2.67. The molecule has 9 nitrogen and oxygen atoms in total. The molecule has 0 aliphatic heterocycles. The van der Waals surface area contributed by atoms with Crippen LogP contribution in [0.1, 0.15) is 36.8 Å². The van der Waals surface area contributed by atoms with Gasteiger partial charge in [-0.15, -0.1) is 0 Å². The topological polar surface area (TPSA) is 161 Å². The molecule has 1 amide bonds. The molecule has 6 N–H and O–H groups in total. The number of nitrogens with two attached hydrogens (primary N) is 1. The minimum atomic E-state index is -2.59. The summed E-state index contributed by atoms with van der Waals surface area (Å²) >= 11 is 0. The van der Waals surface area contributed by atoms with E-state index in [1.165, 1.54) is 6.07 Å². The summed E-state index contributed by atoms with van der Waals surface area (Å²) in [5.41, 5.74) is 2.63. The van der Waals surface area contributed by atoms with Crippen molar-refractivity contribution in [1.82, 2.24) is 4.90 Å². The lowest BCUT2D eigenvalue weighted by Gasteiger charge is -2.52. The van der Waals surface area contributed by atoms with Crippen molar-refractivity contribution in [3.05, 3.63) is 46.2 Å². The highest BCUT2D eigenvalue weighted by atomic mass is 16.3. The van der Waals surface area contributed by atoms with Crippen molar-refractivity contribution in [2.75, 3.05) is 7.05 Å². The number of hydrogen-bond donors (Lipinski definition) is 5. The standard InChI is InChI=1S/C24H26N2O7/c1-26(12-5-3-6-12)18-13-9-11-8-10-4-2-7-14(27)15(10)19(28)16(11)21(30)24(13,33)22(31)17(20(18)29)23(25)32/h2,4,7,11-13,18,27-28,31,33H,3,5-6,8-9H2,1H3,(H2,25,32). The van der Waals surface area contributed by atoms with Crippen molar-refractivity contribution < 1.29 is 34.8 Å². The first-order valence-corrected chi connectivity index (χ1v) is 11.1. The Labute approximate surface area is 189 Å². The summed E-state index contributed by atoms with van der Waals surface area (Å²) in [4.78, 5) is 41.0. The molecule has 4 aliphatic rings. The van der Waals surface area contributed by atoms with Gasteiger partial charge >= 0.3 is 0 Å². The molecule has 5 rings (SSSR count). The first kappa shape index (κ1) is 21.7. The number of carbonyl (C=O) groups excluding carboxylic acids is 3. The first-order chi connectivity index (χ1) is 15.6. The molecule has 33 heavy (non-hydrogen) atoms. The van der Waals surface area contributed by atoms with E-state index in [-0.39, 0.29) is 29.3 Å². The average Bonchev–Trinajstić information content (AvgIpc) is 2.69. The van der Waals surface area contributed by atoms with E-state index in [0.717, 1.165) is 19.3 Å². The van der Waals surface area contributed by atoms with Gasteiger partial charge in [0.1, 0.15) is 22.8 Å². The minimum absolute atomic E-state index is 0.0436. The Balaban J connectivity index is 1.71. The molecule has 0 aromatic heterocycles. The summed E-state index contributed by atoms with van der Waals surface area (Å²) in [6.45, 7) is 0. The van der Waals surface area contributed by atoms with Gasteiger partial charge in [-0.25, -0.2) is 0 Å². The van der Waals surface area contributed by atoms with Crippen molar-refractivity contribution in [1.29, 1.82) is 0 Å². The predicted molar refractivity (Wildman–Crippen MR) is 116 cm³/mol. The fourth-order valence-electron chi connectivity index (χ4n) is 6.08. The molecule has 4 unspecified atom stereocenters. The Kier molecular flexibility index (Phi) is 4.70. The quantitative estimate of drug-likeness (QED) is 0.421. The number of hydrogen-bond acceptors (Lipinski definition) is 8. The molecule has 2 fully saturated rings. The van der Waals surface area contributed by atoms with E-state index >= 15 is 0 Å². The number of primary amides is 1. The fraction of sp³-hybridized carbons (Fsp3) is 0.458. The molecule has 0 spiro atoms. The highest BCUT2D eigenvalue weighted by Crippen LogP contribution is 2.53. The summed E-state index contributed by atoms with van der Waals surface area (Å²) in [5, 5.41) is 43.8. The zero-order valence-electron chi connectivity index (χ0n) is 18.1. The van der Waals surface area contributed by atoms with Crippen molar-refractivity contribution in [2.45, 2.75) is 49.8 Å². The van der Waals surface area contributed by atoms with Crippen molar-refractivity contribution >= 4 is 23.2 Å². The van der Waals surface area contributed by atoms with E-state index in [0.29, 0.717) is 12.0 Å². The number of aromatic hydroxyl groups is 1. The maximum absolute atomic E-state index is 13.7. The fourth-order valence-corrected chi connectivity index (χ4v) is 6.08. The lowest BCUT2D eigenvalue weighted by atomic mass is 9.57. The maximum Gasteiger partial charge on any atom is 0.255 e. The Hall–Kier alpha value is -3.17. The van der Waals surface area contributed by atoms with Gasteiger partial charge in [-0.3, -0.25) is 19.3 Å². The van der Waals surface area contributed by atoms with Gasteiger partial charge < -0.3 is 26.2 Å². The van der Waals surface area contributed by atoms with Gasteiger partial charge in [0.15, 0.2) is 11.4 Å². The number of Topliss-reactive ketones (excluding diaryl/α,β-unsaturated/α-hetero) is 2. The predicted octanol–water partition coefficient (Wildman–Crippen LogP) is 0.887. The monoisotopic (exact) mass is 454 g/mol. The van der Waals surface area contributed by atoms with Gasteiger partial charge in [0.25, 0.3) is 5.91 Å². The largest absolute Gasteiger partial charge is 0.508 e. The lowest BCUT2D eigenvalue weighted by molar-refractivity contribution is -0.156. The number of aliphatic hydroxyl groups excluding tert-OH is 2. The third kappa shape index (κ3) is 2.75. The Bertz CT molecular complexity index is 1170. The van der Waals surface area contributed by atoms with Gasteiger partial charge in [0, 0.05) is 17.5 Å². The SMILES string of the molecule is CN(C1CCC1)C1C(=O)C(C(N)=O)=C(O)C2(O)C(=O)C3=C(O)c4c(O)cccc4CC3CC12. The van der Waals surface area contributed by atoms with Crippen molar-refractivity contribution in [3.8, 4) is 5.75 Å². The van der Waals surface area contributed by atoms with Crippen molar-refractivity contribution in [3.63, 3.8) is 0 Å². The van der Waals surface area contributed by atoms with Gasteiger partial charge in [-0.05, 0) is 50.3 Å². The molecule has 9 heteroatoms. The number of benzene rings is 1. The van der Waals surface area contributed by atoms with Crippen LogP contribution < -0.4 is 5.73 Å². The number of ketones is 2. The summed E-state index contributed by atoms with van der Waals surface area (Å²) < 4.78 is 0. The van der Waals surface area contributed by atoms with Gasteiger partial charge in [-0.1, -0.05) is 18.6 Å². The number of phenolic OH excluding ortho intramolecular Hbond substituents is 1. The van der Waals surface area contributed by atoms with E-state index in [2.05, 4.69) is 0 Å². The molecular weight excluding hydrogens is 428 g/mol. The molecule has 0 bridgehead atoms. The number of nitrogens with zero attached hydrogens (tertiary/aromatic N) is 1. The van der Waals surface area contributed by atoms with Crippen LogP contribution >= 0.6 is 0 Å². The Morgan fingerprint density at radius 3 is 2.48 bits per heavy atom. The number of fused-ring (bicyclic) bond motifs is 3. The van der Waals surface area contributed by atoms with Gasteiger partial charge in [0.05, 0.1) is 11.6 Å². The first-order valence-electron chi connectivity index (χ1n) is 11.1. The van der Waals surface area contributed by atoms with Crippen molar-refractivity contribution in [2.24, 2.45) is 17.6 Å². The van der Waals surface area contributed by atoms with Gasteiger partial charge in [-0.2, -0.15) is 0 Å². The molecular formula is C24H26N2O7. The highest BCUT2D eigenvalue weighted by molar-refractivity contribution is 6.24. The van der Waals surface area contributed by atoms with Crippen LogP contribution in [0.5, 0.6) is 5.75 Å². The molecule has 0 radical (unpaired) electrons. The highest BCUT2D eigenvalue weighted by Gasteiger charge is 2.64. The summed E-state index contributed by atoms with van der Waals surface area (Å²) in [6, 6.07) is 3.77. The summed E-state index contributed by atoms with van der Waals surface area (Å²) in [7, 11) is 1.72. The second-order valence-electron chi connectivity index (χ2n) is 9.56. The second-order valence-corrected chi connectivity index (χ2v) is 9.56. The van der Waals surface area contributed by atoms with Crippen LogP contribution in [0.25, 0.3) is 5.76 Å². The van der Waals surface area contributed by atoms with Gasteiger partial charge in [0.2, 0.25) is 5.78 Å². The third-order valence-electron chi connectivity index (χ3n) is 7.99. The number of aliphatic hydroxyl groups is 3. The number of likely N-dealkylation sites (N-methyl/N-ethyl adjacent to an activating group) is 1. The average molecular weight is 454 g/mol. The zero-order valence-corrected chi connectivity index (χ0v) is 18.1. The molecule has 4 atom stereocenters. The normalized spacial score (nSPS) is 31.8. The molecule has 174 valence electrons. The maximum atomic E-state index is 13.7. The Morgan fingerprint density at radius 1 is 1.18 bits per heavy atom. The smallest absolute Gasteiger partial charge is 0.255 e. The number of phenols is 1. The molecule has 2 saturated carbocycles. The van der Waals surface area contributed by atoms with Crippen LogP contribution in [0, 0.1) is 11.8 Å². The van der Waals surface area contributed by atoms with E-state index in [9.17, 15) is 34.8 Å². The molecule has 1 aromatic carbocycles.